The normalized spacial score (nSPS) is 12.5. The predicted octanol–water partition coefficient (Wildman–Crippen LogP) is 18.6. The molecule has 0 aliphatic carbocycles. The van der Waals surface area contributed by atoms with Gasteiger partial charge in [0.25, 0.3) is 0 Å². The monoisotopic (exact) mass is 932 g/mol. The fourth-order valence-corrected chi connectivity index (χ4v) is 18.8. The van der Waals surface area contributed by atoms with Crippen LogP contribution in [0.3, 0.4) is 0 Å². The molecule has 0 spiro atoms. The first-order chi connectivity index (χ1) is 34.7. The van der Waals surface area contributed by atoms with Crippen LogP contribution in [0.15, 0.2) is 330 Å². The molecule has 0 unspecified atom stereocenters. The minimum absolute atomic E-state index is 1.13. The van der Waals surface area contributed by atoms with Crippen molar-refractivity contribution in [2.75, 3.05) is 0 Å². The van der Waals surface area contributed by atoms with Crippen molar-refractivity contribution in [3.05, 3.63) is 291 Å². The number of nitrogens with zero attached hydrogens (tertiary/aromatic N) is 2. The average molecular weight is 933 g/mol. The first kappa shape index (κ1) is 41.9. The molecule has 0 aliphatic heterocycles. The SMILES string of the molecule is c1ccc(S(c2ccccc2)(c2ccccc2)c2cccc(-n3c4ccc(-n5c6ccccc6c6ccccc65)cc4c4cc(S(c5ccccc5)(c5ccccc5)c5ccccc5)ccc43)c2)cc1. The highest BCUT2D eigenvalue weighted by molar-refractivity contribution is 8.34. The van der Waals surface area contributed by atoms with Crippen LogP contribution in [-0.2, 0) is 0 Å². The van der Waals surface area contributed by atoms with E-state index in [4.69, 9.17) is 0 Å². The molecule has 11 aromatic carbocycles. The molecular weight excluding hydrogens is 885 g/mol. The molecule has 0 atom stereocenters. The van der Waals surface area contributed by atoms with Crippen molar-refractivity contribution >= 4 is 63.7 Å². The Morgan fingerprint density at radius 1 is 0.186 bits per heavy atom. The molecule has 334 valence electrons. The lowest BCUT2D eigenvalue weighted by Gasteiger charge is -2.42. The zero-order valence-corrected chi connectivity index (χ0v) is 40.1. The minimum Gasteiger partial charge on any atom is -0.309 e. The molecule has 2 aromatic heterocycles. The number of benzene rings is 11. The number of rotatable bonds is 10. The summed E-state index contributed by atoms with van der Waals surface area (Å²) >= 11 is 0. The van der Waals surface area contributed by atoms with Crippen molar-refractivity contribution in [3.63, 3.8) is 0 Å². The van der Waals surface area contributed by atoms with Crippen LogP contribution < -0.4 is 0 Å². The Morgan fingerprint density at radius 3 is 0.900 bits per heavy atom. The second-order valence-electron chi connectivity index (χ2n) is 17.7. The van der Waals surface area contributed by atoms with Crippen molar-refractivity contribution in [1.29, 1.82) is 0 Å². The zero-order chi connectivity index (χ0) is 46.5. The van der Waals surface area contributed by atoms with Gasteiger partial charge in [0.05, 0.1) is 22.1 Å². The maximum Gasteiger partial charge on any atom is 0.0542 e. The lowest BCUT2D eigenvalue weighted by Crippen LogP contribution is -2.06. The van der Waals surface area contributed by atoms with Gasteiger partial charge >= 0.3 is 0 Å². The highest BCUT2D eigenvalue weighted by Gasteiger charge is 2.35. The first-order valence-electron chi connectivity index (χ1n) is 23.9. The van der Waals surface area contributed by atoms with Crippen molar-refractivity contribution in [3.8, 4) is 11.4 Å². The van der Waals surface area contributed by atoms with E-state index in [1.807, 2.05) is 0 Å². The van der Waals surface area contributed by atoms with E-state index in [1.54, 1.807) is 0 Å². The van der Waals surface area contributed by atoms with Gasteiger partial charge < -0.3 is 9.13 Å². The Kier molecular flexibility index (Phi) is 10.4. The number of hydrogen-bond acceptors (Lipinski definition) is 0. The molecule has 0 N–H and O–H groups in total. The topological polar surface area (TPSA) is 9.86 Å². The summed E-state index contributed by atoms with van der Waals surface area (Å²) in [5.41, 5.74) is 6.98. The Balaban J connectivity index is 1.13. The van der Waals surface area contributed by atoms with Gasteiger partial charge in [0, 0.05) is 72.1 Å². The molecule has 0 aliphatic rings. The van der Waals surface area contributed by atoms with Gasteiger partial charge in [-0.2, -0.15) is 0 Å². The third-order valence-electron chi connectivity index (χ3n) is 13.9. The Labute approximate surface area is 412 Å². The quantitative estimate of drug-likeness (QED) is 0.129. The lowest BCUT2D eigenvalue weighted by molar-refractivity contribution is 1.14. The van der Waals surface area contributed by atoms with Crippen molar-refractivity contribution in [2.45, 2.75) is 39.2 Å². The van der Waals surface area contributed by atoms with Gasteiger partial charge in [-0.15, -0.1) is 20.1 Å². The van der Waals surface area contributed by atoms with Crippen LogP contribution in [0.4, 0.5) is 0 Å². The molecule has 2 nitrogen and oxygen atoms in total. The smallest absolute Gasteiger partial charge is 0.0542 e. The summed E-state index contributed by atoms with van der Waals surface area (Å²) in [6.07, 6.45) is 0. The van der Waals surface area contributed by atoms with Crippen LogP contribution in [-0.4, -0.2) is 9.13 Å². The van der Waals surface area contributed by atoms with E-state index in [2.05, 4.69) is 300 Å². The molecule has 0 bridgehead atoms. The molecule has 0 amide bonds. The maximum absolute atomic E-state index is 2.53. The van der Waals surface area contributed by atoms with Gasteiger partial charge in [0.15, 0.2) is 0 Å². The third kappa shape index (κ3) is 6.52. The van der Waals surface area contributed by atoms with E-state index in [9.17, 15) is 0 Å². The Morgan fingerprint density at radius 2 is 0.486 bits per heavy atom. The predicted molar refractivity (Wildman–Crippen MR) is 295 cm³/mol. The number of para-hydroxylation sites is 2. The molecule has 70 heavy (non-hydrogen) atoms. The maximum atomic E-state index is 2.53. The summed E-state index contributed by atoms with van der Waals surface area (Å²) < 4.78 is 4.96. The van der Waals surface area contributed by atoms with Crippen LogP contribution >= 0.6 is 20.1 Å². The van der Waals surface area contributed by atoms with Gasteiger partial charge in [-0.1, -0.05) is 152 Å². The van der Waals surface area contributed by atoms with Crippen molar-refractivity contribution < 1.29 is 0 Å². The van der Waals surface area contributed by atoms with E-state index in [-0.39, 0.29) is 0 Å². The number of hydrogen-bond donors (Lipinski definition) is 0. The average Bonchev–Trinajstić information content (AvgIpc) is 3.95. The minimum atomic E-state index is -1.97. The van der Waals surface area contributed by atoms with E-state index in [0.29, 0.717) is 0 Å². The summed E-state index contributed by atoms with van der Waals surface area (Å²) in [7, 11) is -3.91. The molecule has 13 aromatic rings. The Bertz CT molecular complexity index is 3730. The van der Waals surface area contributed by atoms with Crippen LogP contribution in [0.25, 0.3) is 55.0 Å². The molecule has 0 saturated carbocycles. The first-order valence-corrected chi connectivity index (χ1v) is 27.2. The third-order valence-corrected chi connectivity index (χ3v) is 21.7. The standard InChI is InChI=1S/C66H48N2S2/c1-7-25-51(26-8-1)69(52-27-9-2-10-28-52,53-29-11-3-12-30-53)57-37-23-24-49(46-57)67-65-44-42-50(68-63-40-21-19-38-59(63)60-39-20-22-41-64(60)68)47-61(65)62-48-58(43-45-66(62)67)70(54-31-13-4-14-32-54,55-33-15-5-16-34-55)56-35-17-6-18-36-56/h1-48H. The number of fused-ring (bicyclic) bond motifs is 6. The zero-order valence-electron chi connectivity index (χ0n) is 38.4. The van der Waals surface area contributed by atoms with Crippen LogP contribution in [0, 0.1) is 0 Å². The second kappa shape index (κ2) is 17.4. The summed E-state index contributed by atoms with van der Waals surface area (Å²) in [6.45, 7) is 0. The molecule has 2 heterocycles. The highest BCUT2D eigenvalue weighted by atomic mass is 32.3. The van der Waals surface area contributed by atoms with E-state index in [1.165, 1.54) is 71.7 Å². The molecule has 13 rings (SSSR count). The molecule has 0 radical (unpaired) electrons. The highest BCUT2D eigenvalue weighted by Crippen LogP contribution is 2.75. The fourth-order valence-electron chi connectivity index (χ4n) is 11.0. The van der Waals surface area contributed by atoms with Gasteiger partial charge in [0.2, 0.25) is 0 Å². The Hall–Kier alpha value is -8.28. The van der Waals surface area contributed by atoms with Gasteiger partial charge in [-0.25, -0.2) is 0 Å². The van der Waals surface area contributed by atoms with Crippen molar-refractivity contribution in [1.82, 2.24) is 9.13 Å². The fraction of sp³-hybridized carbons (Fsp3) is 0. The summed E-state index contributed by atoms with van der Waals surface area (Å²) in [5, 5.41) is 4.93. The van der Waals surface area contributed by atoms with E-state index < -0.39 is 20.1 Å². The van der Waals surface area contributed by atoms with Crippen LogP contribution in [0.5, 0.6) is 0 Å². The summed E-state index contributed by atoms with van der Waals surface area (Å²) in [6, 6.07) is 108. The lowest BCUT2D eigenvalue weighted by atomic mass is 10.1. The summed E-state index contributed by atoms with van der Waals surface area (Å²) in [4.78, 5) is 10.4. The molecule has 0 saturated heterocycles. The van der Waals surface area contributed by atoms with E-state index >= 15 is 0 Å². The van der Waals surface area contributed by atoms with Gasteiger partial charge in [0.1, 0.15) is 0 Å². The van der Waals surface area contributed by atoms with Gasteiger partial charge in [-0.05, 0) is 140 Å². The van der Waals surface area contributed by atoms with E-state index in [0.717, 1.165) is 22.4 Å². The second-order valence-corrected chi connectivity index (χ2v) is 23.9. The largest absolute Gasteiger partial charge is 0.309 e. The van der Waals surface area contributed by atoms with Crippen LogP contribution in [0.2, 0.25) is 0 Å². The van der Waals surface area contributed by atoms with Gasteiger partial charge in [-0.3, -0.25) is 0 Å². The molecule has 4 heteroatoms. The van der Waals surface area contributed by atoms with Crippen molar-refractivity contribution in [2.24, 2.45) is 0 Å². The number of aromatic nitrogens is 2. The van der Waals surface area contributed by atoms with Crippen LogP contribution in [0.1, 0.15) is 0 Å². The summed E-state index contributed by atoms with van der Waals surface area (Å²) in [5.74, 6) is 0. The molecule has 0 fully saturated rings. The molecular formula is C66H48N2S2.